The van der Waals surface area contributed by atoms with Crippen molar-refractivity contribution >= 4 is 39.2 Å². The molecular formula is C14H11BrN2O3. The summed E-state index contributed by atoms with van der Waals surface area (Å²) in [4.78, 5) is 23.0. The number of carbonyl (C=O) groups excluding carboxylic acids is 1. The van der Waals surface area contributed by atoms with Crippen molar-refractivity contribution in [2.75, 3.05) is 11.1 Å². The summed E-state index contributed by atoms with van der Waals surface area (Å²) in [5.74, 6) is -1.39. The zero-order chi connectivity index (χ0) is 14.7. The molecule has 2 aromatic carbocycles. The van der Waals surface area contributed by atoms with E-state index in [9.17, 15) is 9.59 Å². The third-order valence-electron chi connectivity index (χ3n) is 2.63. The average molecular weight is 335 g/mol. The van der Waals surface area contributed by atoms with E-state index in [4.69, 9.17) is 10.8 Å². The predicted molar refractivity (Wildman–Crippen MR) is 79.9 cm³/mol. The lowest BCUT2D eigenvalue weighted by atomic mass is 10.1. The number of halogens is 1. The summed E-state index contributed by atoms with van der Waals surface area (Å²) in [5.41, 5.74) is 7.05. The van der Waals surface area contributed by atoms with Crippen LogP contribution in [0.5, 0.6) is 0 Å². The number of carbonyl (C=O) groups is 2. The van der Waals surface area contributed by atoms with Crippen molar-refractivity contribution in [2.45, 2.75) is 0 Å². The van der Waals surface area contributed by atoms with Gasteiger partial charge in [0.2, 0.25) is 0 Å². The first-order valence-corrected chi connectivity index (χ1v) is 6.46. The summed E-state index contributed by atoms with van der Waals surface area (Å²) in [5, 5.41) is 11.6. The fourth-order valence-electron chi connectivity index (χ4n) is 1.58. The minimum atomic E-state index is -1.06. The van der Waals surface area contributed by atoms with Gasteiger partial charge in [0.1, 0.15) is 0 Å². The molecule has 2 aromatic rings. The molecule has 0 aromatic heterocycles. The molecule has 6 heteroatoms. The topological polar surface area (TPSA) is 92.4 Å². The van der Waals surface area contributed by atoms with Crippen LogP contribution in [0, 0.1) is 0 Å². The molecule has 0 saturated carbocycles. The number of nitrogens with one attached hydrogen (secondary N) is 1. The molecule has 20 heavy (non-hydrogen) atoms. The minimum absolute atomic E-state index is 0.0980. The standard InChI is InChI=1S/C14H11BrN2O3/c15-11-6-3-9(14(19)20)7-12(11)17-13(18)8-1-4-10(16)5-2-8/h1-7H,16H2,(H,17,18)(H,19,20). The average Bonchev–Trinajstić information content (AvgIpc) is 2.41. The largest absolute Gasteiger partial charge is 0.478 e. The number of nitrogens with two attached hydrogens (primary N) is 1. The summed E-state index contributed by atoms with van der Waals surface area (Å²) in [6.07, 6.45) is 0. The molecule has 0 aliphatic rings. The van der Waals surface area contributed by atoms with Gasteiger partial charge in [-0.05, 0) is 58.4 Å². The van der Waals surface area contributed by atoms with Crippen molar-refractivity contribution in [3.05, 3.63) is 58.1 Å². The van der Waals surface area contributed by atoms with Crippen molar-refractivity contribution in [1.29, 1.82) is 0 Å². The van der Waals surface area contributed by atoms with Crippen LogP contribution < -0.4 is 11.1 Å². The molecule has 0 atom stereocenters. The van der Waals surface area contributed by atoms with E-state index in [2.05, 4.69) is 21.2 Å². The zero-order valence-electron chi connectivity index (χ0n) is 10.3. The molecule has 0 heterocycles. The minimum Gasteiger partial charge on any atom is -0.478 e. The molecule has 0 fully saturated rings. The van der Waals surface area contributed by atoms with E-state index in [0.29, 0.717) is 21.4 Å². The number of rotatable bonds is 3. The number of nitrogen functional groups attached to an aromatic ring is 1. The van der Waals surface area contributed by atoms with Crippen LogP contribution in [-0.2, 0) is 0 Å². The van der Waals surface area contributed by atoms with E-state index in [1.807, 2.05) is 0 Å². The summed E-state index contributed by atoms with van der Waals surface area (Å²) < 4.78 is 0.603. The fourth-order valence-corrected chi connectivity index (χ4v) is 1.93. The van der Waals surface area contributed by atoms with Crippen LogP contribution in [0.3, 0.4) is 0 Å². The number of anilines is 2. The maximum Gasteiger partial charge on any atom is 0.335 e. The molecule has 0 unspecified atom stereocenters. The summed E-state index contributed by atoms with van der Waals surface area (Å²) in [7, 11) is 0. The Labute approximate surface area is 123 Å². The van der Waals surface area contributed by atoms with E-state index in [1.54, 1.807) is 30.3 Å². The maximum absolute atomic E-state index is 12.0. The van der Waals surface area contributed by atoms with Crippen molar-refractivity contribution in [2.24, 2.45) is 0 Å². The number of amides is 1. The Kier molecular flexibility index (Phi) is 4.05. The predicted octanol–water partition coefficient (Wildman–Crippen LogP) is 2.98. The fraction of sp³-hybridized carbons (Fsp3) is 0. The molecule has 102 valence electrons. The maximum atomic E-state index is 12.0. The number of benzene rings is 2. The number of carboxylic acids is 1. The molecular weight excluding hydrogens is 324 g/mol. The van der Waals surface area contributed by atoms with Gasteiger partial charge in [-0.15, -0.1) is 0 Å². The van der Waals surface area contributed by atoms with Gasteiger partial charge >= 0.3 is 5.97 Å². The second-order valence-electron chi connectivity index (χ2n) is 4.08. The van der Waals surface area contributed by atoms with Crippen LogP contribution >= 0.6 is 15.9 Å². The molecule has 0 radical (unpaired) electrons. The van der Waals surface area contributed by atoms with Gasteiger partial charge in [0.25, 0.3) is 5.91 Å². The summed E-state index contributed by atoms with van der Waals surface area (Å²) >= 11 is 3.26. The molecule has 0 saturated heterocycles. The number of hydrogen-bond donors (Lipinski definition) is 3. The molecule has 4 N–H and O–H groups in total. The van der Waals surface area contributed by atoms with Gasteiger partial charge in [0, 0.05) is 15.7 Å². The van der Waals surface area contributed by atoms with Crippen molar-refractivity contribution in [3.8, 4) is 0 Å². The van der Waals surface area contributed by atoms with E-state index in [0.717, 1.165) is 0 Å². The van der Waals surface area contributed by atoms with Gasteiger partial charge in [-0.3, -0.25) is 4.79 Å². The first-order chi connectivity index (χ1) is 9.47. The lowest BCUT2D eigenvalue weighted by Gasteiger charge is -2.08. The van der Waals surface area contributed by atoms with Gasteiger partial charge in [-0.25, -0.2) is 4.79 Å². The Bertz CT molecular complexity index is 669. The third kappa shape index (κ3) is 3.16. The monoisotopic (exact) mass is 334 g/mol. The van der Waals surface area contributed by atoms with Crippen LogP contribution in [0.25, 0.3) is 0 Å². The van der Waals surface area contributed by atoms with Crippen LogP contribution in [0.2, 0.25) is 0 Å². The van der Waals surface area contributed by atoms with E-state index >= 15 is 0 Å². The van der Waals surface area contributed by atoms with Crippen molar-refractivity contribution in [3.63, 3.8) is 0 Å². The van der Waals surface area contributed by atoms with Crippen LogP contribution in [-0.4, -0.2) is 17.0 Å². The van der Waals surface area contributed by atoms with Gasteiger partial charge in [0.05, 0.1) is 11.3 Å². The molecule has 0 aliphatic carbocycles. The molecule has 0 aliphatic heterocycles. The van der Waals surface area contributed by atoms with Crippen molar-refractivity contribution < 1.29 is 14.7 Å². The molecule has 0 spiro atoms. The second-order valence-corrected chi connectivity index (χ2v) is 4.93. The van der Waals surface area contributed by atoms with Gasteiger partial charge in [0.15, 0.2) is 0 Å². The van der Waals surface area contributed by atoms with E-state index in [1.165, 1.54) is 12.1 Å². The first-order valence-electron chi connectivity index (χ1n) is 5.67. The Balaban J connectivity index is 2.25. The Hall–Kier alpha value is -2.34. The SMILES string of the molecule is Nc1ccc(C(=O)Nc2cc(C(=O)O)ccc2Br)cc1. The van der Waals surface area contributed by atoms with Crippen LogP contribution in [0.1, 0.15) is 20.7 Å². The third-order valence-corrected chi connectivity index (χ3v) is 3.33. The molecule has 0 bridgehead atoms. The Morgan fingerprint density at radius 1 is 1.05 bits per heavy atom. The molecule has 1 amide bonds. The van der Waals surface area contributed by atoms with Gasteiger partial charge < -0.3 is 16.2 Å². The van der Waals surface area contributed by atoms with Crippen LogP contribution in [0.4, 0.5) is 11.4 Å². The highest BCUT2D eigenvalue weighted by molar-refractivity contribution is 9.10. The molecule has 2 rings (SSSR count). The zero-order valence-corrected chi connectivity index (χ0v) is 11.8. The lowest BCUT2D eigenvalue weighted by Crippen LogP contribution is -2.13. The smallest absolute Gasteiger partial charge is 0.335 e. The van der Waals surface area contributed by atoms with E-state index in [-0.39, 0.29) is 11.5 Å². The number of carboxylic acid groups (broad SMARTS) is 1. The quantitative estimate of drug-likeness (QED) is 0.752. The lowest BCUT2D eigenvalue weighted by molar-refractivity contribution is 0.0696. The normalized spacial score (nSPS) is 10.1. The van der Waals surface area contributed by atoms with Gasteiger partial charge in [-0.2, -0.15) is 0 Å². The highest BCUT2D eigenvalue weighted by Gasteiger charge is 2.11. The Morgan fingerprint density at radius 3 is 2.25 bits per heavy atom. The summed E-state index contributed by atoms with van der Waals surface area (Å²) in [6, 6.07) is 10.9. The number of hydrogen-bond acceptors (Lipinski definition) is 3. The van der Waals surface area contributed by atoms with Crippen molar-refractivity contribution in [1.82, 2.24) is 0 Å². The summed E-state index contributed by atoms with van der Waals surface area (Å²) in [6.45, 7) is 0. The van der Waals surface area contributed by atoms with E-state index < -0.39 is 5.97 Å². The van der Waals surface area contributed by atoms with Gasteiger partial charge in [-0.1, -0.05) is 0 Å². The number of aromatic carboxylic acids is 1. The van der Waals surface area contributed by atoms with Crippen LogP contribution in [0.15, 0.2) is 46.9 Å². The highest BCUT2D eigenvalue weighted by atomic mass is 79.9. The molecule has 5 nitrogen and oxygen atoms in total. The Morgan fingerprint density at radius 2 is 1.65 bits per heavy atom. The highest BCUT2D eigenvalue weighted by Crippen LogP contribution is 2.24. The second kappa shape index (κ2) is 5.75. The first kappa shape index (κ1) is 14.1.